The molecule has 6 nitrogen and oxygen atoms in total. The minimum Gasteiger partial charge on any atom is -0.329 e. The van der Waals surface area contributed by atoms with Gasteiger partial charge in [0.25, 0.3) is 5.91 Å². The Balaban J connectivity index is 1.78. The zero-order valence-electron chi connectivity index (χ0n) is 14.7. The maximum absolute atomic E-state index is 13.5. The van der Waals surface area contributed by atoms with Gasteiger partial charge in [-0.15, -0.1) is 0 Å². The van der Waals surface area contributed by atoms with Gasteiger partial charge in [0.15, 0.2) is 5.65 Å². The lowest BCUT2D eigenvalue weighted by Crippen LogP contribution is -2.48. The fraction of sp³-hybridized carbons (Fsp3) is 0.316. The molecule has 2 N–H and O–H groups in total. The van der Waals surface area contributed by atoms with E-state index in [4.69, 9.17) is 11.6 Å². The van der Waals surface area contributed by atoms with Gasteiger partial charge in [0.1, 0.15) is 0 Å². The van der Waals surface area contributed by atoms with Crippen LogP contribution in [0.4, 0.5) is 0 Å². The second kappa shape index (κ2) is 6.70. The summed E-state index contributed by atoms with van der Waals surface area (Å²) in [6, 6.07) is 9.49. The van der Waals surface area contributed by atoms with Gasteiger partial charge in [-0.3, -0.25) is 9.89 Å². The molecule has 1 aromatic carbocycles. The Hall–Kier alpha value is -2.44. The van der Waals surface area contributed by atoms with E-state index >= 15 is 0 Å². The SMILES string of the molecule is Cc1cc(C(=O)N2CCNCC2c2cccc(Cl)c2)c2c(C)[nH]nc2n1. The molecule has 0 bridgehead atoms. The molecule has 2 aromatic heterocycles. The van der Waals surface area contributed by atoms with Crippen LogP contribution in [-0.4, -0.2) is 45.6 Å². The van der Waals surface area contributed by atoms with Crippen LogP contribution in [0.3, 0.4) is 0 Å². The number of piperazine rings is 1. The van der Waals surface area contributed by atoms with E-state index in [1.165, 1.54) is 0 Å². The molecule has 1 amide bonds. The summed E-state index contributed by atoms with van der Waals surface area (Å²) in [5, 5.41) is 12.0. The summed E-state index contributed by atoms with van der Waals surface area (Å²) in [4.78, 5) is 19.8. The highest BCUT2D eigenvalue weighted by molar-refractivity contribution is 6.30. The highest BCUT2D eigenvalue weighted by atomic mass is 35.5. The van der Waals surface area contributed by atoms with Crippen LogP contribution < -0.4 is 5.32 Å². The molecular weight excluding hydrogens is 350 g/mol. The molecule has 0 saturated carbocycles. The average molecular weight is 370 g/mol. The Morgan fingerprint density at radius 2 is 2.15 bits per heavy atom. The van der Waals surface area contributed by atoms with Crippen molar-refractivity contribution >= 4 is 28.5 Å². The van der Waals surface area contributed by atoms with Crippen LogP contribution in [0.1, 0.15) is 33.4 Å². The first kappa shape index (κ1) is 17.0. The van der Waals surface area contributed by atoms with Gasteiger partial charge in [-0.1, -0.05) is 23.7 Å². The second-order valence-electron chi connectivity index (χ2n) is 6.63. The van der Waals surface area contributed by atoms with Crippen LogP contribution in [0, 0.1) is 13.8 Å². The zero-order valence-corrected chi connectivity index (χ0v) is 15.5. The van der Waals surface area contributed by atoms with Crippen molar-refractivity contribution in [2.75, 3.05) is 19.6 Å². The number of nitrogens with zero attached hydrogens (tertiary/aromatic N) is 3. The van der Waals surface area contributed by atoms with Crippen molar-refractivity contribution in [3.8, 4) is 0 Å². The molecule has 3 aromatic rings. The molecule has 4 rings (SSSR count). The lowest BCUT2D eigenvalue weighted by Gasteiger charge is -2.37. The van der Waals surface area contributed by atoms with Crippen molar-refractivity contribution < 1.29 is 4.79 Å². The van der Waals surface area contributed by atoms with Gasteiger partial charge in [0.05, 0.1) is 17.0 Å². The highest BCUT2D eigenvalue weighted by Gasteiger charge is 2.30. The molecule has 1 atom stereocenters. The predicted molar refractivity (Wildman–Crippen MR) is 101 cm³/mol. The minimum absolute atomic E-state index is 0.00326. The molecule has 3 heterocycles. The van der Waals surface area contributed by atoms with Gasteiger partial charge in [-0.25, -0.2) is 4.98 Å². The van der Waals surface area contributed by atoms with Gasteiger partial charge in [-0.2, -0.15) is 5.10 Å². The number of hydrogen-bond acceptors (Lipinski definition) is 4. The number of benzene rings is 1. The van der Waals surface area contributed by atoms with Crippen LogP contribution in [-0.2, 0) is 0 Å². The van der Waals surface area contributed by atoms with Crippen molar-refractivity contribution in [3.05, 3.63) is 57.9 Å². The molecule has 0 aliphatic carbocycles. The van der Waals surface area contributed by atoms with Gasteiger partial charge >= 0.3 is 0 Å². The molecule has 26 heavy (non-hydrogen) atoms. The van der Waals surface area contributed by atoms with Crippen LogP contribution in [0.2, 0.25) is 5.02 Å². The number of pyridine rings is 1. The normalized spacial score (nSPS) is 17.7. The van der Waals surface area contributed by atoms with E-state index in [2.05, 4.69) is 20.5 Å². The number of aromatic amines is 1. The number of aromatic nitrogens is 3. The fourth-order valence-corrected chi connectivity index (χ4v) is 3.78. The van der Waals surface area contributed by atoms with E-state index in [-0.39, 0.29) is 11.9 Å². The number of carbonyl (C=O) groups excluding carboxylic acids is 1. The maximum Gasteiger partial charge on any atom is 0.255 e. The number of hydrogen-bond donors (Lipinski definition) is 2. The van der Waals surface area contributed by atoms with Crippen LogP contribution in [0.15, 0.2) is 30.3 Å². The van der Waals surface area contributed by atoms with Gasteiger partial charge in [0, 0.05) is 36.0 Å². The third kappa shape index (κ3) is 2.95. The molecule has 1 fully saturated rings. The third-order valence-corrected chi connectivity index (χ3v) is 5.04. The Bertz CT molecular complexity index is 983. The smallest absolute Gasteiger partial charge is 0.255 e. The standard InChI is InChI=1S/C19H20ClN5O/c1-11-8-15(17-12(2)23-24-18(17)22-11)19(26)25-7-6-21-10-16(25)13-4-3-5-14(20)9-13/h3-5,8-9,16,21H,6-7,10H2,1-2H3,(H,22,23,24). The minimum atomic E-state index is -0.0642. The molecule has 1 aliphatic rings. The number of rotatable bonds is 2. The fourth-order valence-electron chi connectivity index (χ4n) is 3.58. The molecule has 0 spiro atoms. The largest absolute Gasteiger partial charge is 0.329 e. The Kier molecular flexibility index (Phi) is 4.38. The number of fused-ring (bicyclic) bond motifs is 1. The summed E-state index contributed by atoms with van der Waals surface area (Å²) in [5.41, 5.74) is 3.89. The number of amides is 1. The Labute approximate surface area is 156 Å². The molecule has 134 valence electrons. The van der Waals surface area contributed by atoms with E-state index in [1.807, 2.05) is 49.1 Å². The predicted octanol–water partition coefficient (Wildman–Crippen LogP) is 3.01. The van der Waals surface area contributed by atoms with Crippen LogP contribution in [0.5, 0.6) is 0 Å². The van der Waals surface area contributed by atoms with Crippen molar-refractivity contribution in [3.63, 3.8) is 0 Å². The lowest BCUT2D eigenvalue weighted by atomic mass is 10.0. The van der Waals surface area contributed by atoms with Crippen molar-refractivity contribution in [2.45, 2.75) is 19.9 Å². The summed E-state index contributed by atoms with van der Waals surface area (Å²) >= 11 is 6.17. The highest BCUT2D eigenvalue weighted by Crippen LogP contribution is 2.29. The Morgan fingerprint density at radius 3 is 2.96 bits per heavy atom. The Morgan fingerprint density at radius 1 is 1.31 bits per heavy atom. The van der Waals surface area contributed by atoms with E-state index in [0.717, 1.165) is 28.9 Å². The van der Waals surface area contributed by atoms with Gasteiger partial charge in [0.2, 0.25) is 0 Å². The number of carbonyl (C=O) groups is 1. The third-order valence-electron chi connectivity index (χ3n) is 4.80. The average Bonchev–Trinajstić information content (AvgIpc) is 3.01. The van der Waals surface area contributed by atoms with Gasteiger partial charge in [-0.05, 0) is 37.6 Å². The zero-order chi connectivity index (χ0) is 18.3. The summed E-state index contributed by atoms with van der Waals surface area (Å²) in [7, 11) is 0. The topological polar surface area (TPSA) is 73.9 Å². The summed E-state index contributed by atoms with van der Waals surface area (Å²) in [5.74, 6) is -0.00326. The van der Waals surface area contributed by atoms with Crippen molar-refractivity contribution in [1.82, 2.24) is 25.4 Å². The first-order chi connectivity index (χ1) is 12.5. The summed E-state index contributed by atoms with van der Waals surface area (Å²) < 4.78 is 0. The quantitative estimate of drug-likeness (QED) is 0.728. The summed E-state index contributed by atoms with van der Waals surface area (Å²) in [6.07, 6.45) is 0. The van der Waals surface area contributed by atoms with E-state index < -0.39 is 0 Å². The maximum atomic E-state index is 13.5. The van der Waals surface area contributed by atoms with Crippen molar-refractivity contribution in [1.29, 1.82) is 0 Å². The second-order valence-corrected chi connectivity index (χ2v) is 7.07. The van der Waals surface area contributed by atoms with Crippen LogP contribution >= 0.6 is 11.6 Å². The van der Waals surface area contributed by atoms with E-state index in [9.17, 15) is 4.79 Å². The number of H-pyrrole nitrogens is 1. The molecule has 7 heteroatoms. The number of nitrogens with one attached hydrogen (secondary N) is 2. The van der Waals surface area contributed by atoms with Crippen LogP contribution in [0.25, 0.3) is 11.0 Å². The first-order valence-corrected chi connectivity index (χ1v) is 9.02. The van der Waals surface area contributed by atoms with Gasteiger partial charge < -0.3 is 10.2 Å². The number of aryl methyl sites for hydroxylation is 2. The molecule has 1 saturated heterocycles. The molecule has 0 radical (unpaired) electrons. The molecule has 1 unspecified atom stereocenters. The van der Waals surface area contributed by atoms with E-state index in [0.29, 0.717) is 29.3 Å². The molecule has 1 aliphatic heterocycles. The first-order valence-electron chi connectivity index (χ1n) is 8.64. The summed E-state index contributed by atoms with van der Waals surface area (Å²) in [6.45, 7) is 5.89. The van der Waals surface area contributed by atoms with Crippen molar-refractivity contribution in [2.24, 2.45) is 0 Å². The monoisotopic (exact) mass is 369 g/mol. The molecular formula is C19H20ClN5O. The lowest BCUT2D eigenvalue weighted by molar-refractivity contribution is 0.0636. The number of halogens is 1. The van der Waals surface area contributed by atoms with E-state index in [1.54, 1.807) is 0 Å².